The molecule has 102 valence electrons. The summed E-state index contributed by atoms with van der Waals surface area (Å²) in [5.41, 5.74) is 0. The minimum Gasteiger partial charge on any atom is -0.354 e. The molecule has 1 rings (SSSR count). The van der Waals surface area contributed by atoms with Crippen LogP contribution in [0.15, 0.2) is 5.16 Å². The van der Waals surface area contributed by atoms with Crippen LogP contribution in [0.1, 0.15) is 39.5 Å². The fourth-order valence-electron chi connectivity index (χ4n) is 1.36. The van der Waals surface area contributed by atoms with E-state index in [1.165, 1.54) is 11.8 Å². The van der Waals surface area contributed by atoms with Gasteiger partial charge in [-0.15, -0.1) is 0 Å². The van der Waals surface area contributed by atoms with E-state index in [4.69, 9.17) is 0 Å². The Hall–Kier alpha value is -1.04. The zero-order valence-electron chi connectivity index (χ0n) is 11.5. The lowest BCUT2D eigenvalue weighted by molar-refractivity contribution is 0.801. The van der Waals surface area contributed by atoms with Crippen molar-refractivity contribution in [3.05, 3.63) is 0 Å². The summed E-state index contributed by atoms with van der Waals surface area (Å²) < 4.78 is 0. The smallest absolute Gasteiger partial charge is 0.228 e. The van der Waals surface area contributed by atoms with E-state index in [1.807, 2.05) is 6.26 Å². The van der Waals surface area contributed by atoms with Gasteiger partial charge in [-0.2, -0.15) is 15.0 Å². The lowest BCUT2D eigenvalue weighted by atomic mass is 10.3. The van der Waals surface area contributed by atoms with Gasteiger partial charge in [0.05, 0.1) is 0 Å². The molecule has 0 spiro atoms. The number of unbranched alkanes of at least 4 members (excludes halogenated alkanes) is 2. The van der Waals surface area contributed by atoms with Gasteiger partial charge in [0.1, 0.15) is 0 Å². The van der Waals surface area contributed by atoms with Crippen LogP contribution in [-0.4, -0.2) is 34.3 Å². The molecule has 0 aliphatic rings. The number of hydrogen-bond acceptors (Lipinski definition) is 6. The topological polar surface area (TPSA) is 62.7 Å². The molecular formula is C12H23N5S. The van der Waals surface area contributed by atoms with Crippen LogP contribution in [-0.2, 0) is 0 Å². The minimum atomic E-state index is 0.668. The van der Waals surface area contributed by atoms with E-state index in [1.54, 1.807) is 0 Å². The van der Waals surface area contributed by atoms with Crippen LogP contribution in [0, 0.1) is 0 Å². The molecule has 0 saturated heterocycles. The van der Waals surface area contributed by atoms with Crippen molar-refractivity contribution in [3.63, 3.8) is 0 Å². The molecule has 0 atom stereocenters. The molecule has 6 heteroatoms. The molecule has 1 aromatic heterocycles. The van der Waals surface area contributed by atoms with Crippen molar-refractivity contribution in [2.75, 3.05) is 30.0 Å². The van der Waals surface area contributed by atoms with Crippen LogP contribution in [0.2, 0.25) is 0 Å². The summed E-state index contributed by atoms with van der Waals surface area (Å²) in [4.78, 5) is 13.1. The van der Waals surface area contributed by atoms with Crippen molar-refractivity contribution in [1.82, 2.24) is 15.0 Å². The summed E-state index contributed by atoms with van der Waals surface area (Å²) in [6, 6.07) is 0. The van der Waals surface area contributed by atoms with Gasteiger partial charge in [-0.05, 0) is 19.1 Å². The Balaban J connectivity index is 2.62. The third kappa shape index (κ3) is 5.53. The number of nitrogens with one attached hydrogen (secondary N) is 2. The lowest BCUT2D eigenvalue weighted by Gasteiger charge is -2.08. The van der Waals surface area contributed by atoms with Crippen molar-refractivity contribution in [2.24, 2.45) is 0 Å². The Kier molecular flexibility index (Phi) is 7.48. The van der Waals surface area contributed by atoms with Crippen molar-refractivity contribution < 1.29 is 0 Å². The SMILES string of the molecule is CCCCNc1nc(NCCCC)nc(SC)n1. The predicted molar refractivity (Wildman–Crippen MR) is 78.4 cm³/mol. The number of hydrogen-bond donors (Lipinski definition) is 2. The fraction of sp³-hybridized carbons (Fsp3) is 0.750. The summed E-state index contributed by atoms with van der Waals surface area (Å²) in [5.74, 6) is 1.34. The summed E-state index contributed by atoms with van der Waals surface area (Å²) in [6.07, 6.45) is 6.54. The maximum absolute atomic E-state index is 4.37. The van der Waals surface area contributed by atoms with Gasteiger partial charge in [0.25, 0.3) is 0 Å². The molecule has 0 radical (unpaired) electrons. The van der Waals surface area contributed by atoms with Crippen molar-refractivity contribution in [2.45, 2.75) is 44.7 Å². The first-order valence-electron chi connectivity index (χ1n) is 6.58. The van der Waals surface area contributed by atoms with E-state index in [2.05, 4.69) is 39.4 Å². The number of anilines is 2. The number of rotatable bonds is 9. The first kappa shape index (κ1) is 15.0. The highest BCUT2D eigenvalue weighted by Gasteiger charge is 2.04. The Morgan fingerprint density at radius 3 is 1.78 bits per heavy atom. The van der Waals surface area contributed by atoms with Crippen molar-refractivity contribution in [3.8, 4) is 0 Å². The van der Waals surface area contributed by atoms with Crippen LogP contribution in [0.5, 0.6) is 0 Å². The minimum absolute atomic E-state index is 0.668. The van der Waals surface area contributed by atoms with Gasteiger partial charge in [0, 0.05) is 13.1 Å². The molecule has 2 N–H and O–H groups in total. The summed E-state index contributed by atoms with van der Waals surface area (Å²) in [6.45, 7) is 6.14. The summed E-state index contributed by atoms with van der Waals surface area (Å²) >= 11 is 1.53. The second-order valence-electron chi connectivity index (χ2n) is 4.03. The highest BCUT2D eigenvalue weighted by molar-refractivity contribution is 7.98. The van der Waals surface area contributed by atoms with E-state index in [0.29, 0.717) is 11.9 Å². The van der Waals surface area contributed by atoms with Crippen molar-refractivity contribution in [1.29, 1.82) is 0 Å². The third-order valence-electron chi connectivity index (χ3n) is 2.42. The molecule has 0 bridgehead atoms. The monoisotopic (exact) mass is 269 g/mol. The van der Waals surface area contributed by atoms with E-state index in [0.717, 1.165) is 43.9 Å². The maximum atomic E-state index is 4.37. The van der Waals surface area contributed by atoms with E-state index in [-0.39, 0.29) is 0 Å². The zero-order chi connectivity index (χ0) is 13.2. The van der Waals surface area contributed by atoms with Gasteiger partial charge in [-0.1, -0.05) is 38.5 Å². The van der Waals surface area contributed by atoms with E-state index in [9.17, 15) is 0 Å². The molecule has 0 aromatic carbocycles. The van der Waals surface area contributed by atoms with Crippen LogP contribution in [0.3, 0.4) is 0 Å². The average Bonchev–Trinajstić information content (AvgIpc) is 2.39. The van der Waals surface area contributed by atoms with E-state index < -0.39 is 0 Å². The fourth-order valence-corrected chi connectivity index (χ4v) is 1.72. The highest BCUT2D eigenvalue weighted by Crippen LogP contribution is 2.13. The summed E-state index contributed by atoms with van der Waals surface area (Å²) in [7, 11) is 0. The Morgan fingerprint density at radius 1 is 0.889 bits per heavy atom. The predicted octanol–water partition coefficient (Wildman–Crippen LogP) is 3.02. The molecule has 0 unspecified atom stereocenters. The zero-order valence-corrected chi connectivity index (χ0v) is 12.3. The molecule has 0 aliphatic carbocycles. The largest absolute Gasteiger partial charge is 0.354 e. The van der Waals surface area contributed by atoms with Gasteiger partial charge in [0.2, 0.25) is 11.9 Å². The average molecular weight is 269 g/mol. The van der Waals surface area contributed by atoms with Crippen LogP contribution in [0.4, 0.5) is 11.9 Å². The molecule has 18 heavy (non-hydrogen) atoms. The first-order valence-corrected chi connectivity index (χ1v) is 7.80. The van der Waals surface area contributed by atoms with Crippen LogP contribution < -0.4 is 10.6 Å². The van der Waals surface area contributed by atoms with Gasteiger partial charge in [-0.3, -0.25) is 0 Å². The van der Waals surface area contributed by atoms with Crippen LogP contribution >= 0.6 is 11.8 Å². The number of thioether (sulfide) groups is 1. The van der Waals surface area contributed by atoms with Gasteiger partial charge in [-0.25, -0.2) is 0 Å². The van der Waals surface area contributed by atoms with Gasteiger partial charge >= 0.3 is 0 Å². The normalized spacial score (nSPS) is 10.4. The highest BCUT2D eigenvalue weighted by atomic mass is 32.2. The Labute approximate surface area is 114 Å². The number of aromatic nitrogens is 3. The second kappa shape index (κ2) is 8.97. The molecular weight excluding hydrogens is 246 g/mol. The second-order valence-corrected chi connectivity index (χ2v) is 4.80. The Bertz CT molecular complexity index is 317. The van der Waals surface area contributed by atoms with Crippen molar-refractivity contribution >= 4 is 23.7 Å². The van der Waals surface area contributed by atoms with Gasteiger partial charge < -0.3 is 10.6 Å². The standard InChI is InChI=1S/C12H23N5S/c1-4-6-8-13-10-15-11(14-9-7-5-2)17-12(16-10)18-3/h4-9H2,1-3H3,(H2,13,14,15,16,17). The molecule has 0 saturated carbocycles. The quantitative estimate of drug-likeness (QED) is 0.531. The molecule has 1 aromatic rings. The third-order valence-corrected chi connectivity index (χ3v) is 2.97. The van der Waals surface area contributed by atoms with Gasteiger partial charge in [0.15, 0.2) is 5.16 Å². The molecule has 1 heterocycles. The summed E-state index contributed by atoms with van der Waals surface area (Å²) in [5, 5.41) is 7.22. The van der Waals surface area contributed by atoms with E-state index >= 15 is 0 Å². The molecule has 0 fully saturated rings. The molecule has 0 aliphatic heterocycles. The lowest BCUT2D eigenvalue weighted by Crippen LogP contribution is -2.11. The maximum Gasteiger partial charge on any atom is 0.228 e. The Morgan fingerprint density at radius 2 is 1.39 bits per heavy atom. The van der Waals surface area contributed by atoms with Crippen LogP contribution in [0.25, 0.3) is 0 Å². The number of nitrogens with zero attached hydrogens (tertiary/aromatic N) is 3. The first-order chi connectivity index (χ1) is 8.80. The molecule has 5 nitrogen and oxygen atoms in total. The molecule has 0 amide bonds.